The van der Waals surface area contributed by atoms with Crippen molar-refractivity contribution in [2.24, 2.45) is 0 Å². The van der Waals surface area contributed by atoms with Gasteiger partial charge in [0.25, 0.3) is 11.8 Å². The Morgan fingerprint density at radius 1 is 1.09 bits per heavy atom. The Hall–Kier alpha value is -3.27. The zero-order valence-electron chi connectivity index (χ0n) is 19.0. The monoisotopic (exact) mass is 460 g/mol. The summed E-state index contributed by atoms with van der Waals surface area (Å²) in [5, 5.41) is 2.16. The molecule has 4 amide bonds. The van der Waals surface area contributed by atoms with Crippen LogP contribution in [-0.2, 0) is 23.9 Å². The first-order valence-electron chi connectivity index (χ1n) is 10.9. The molecule has 2 heterocycles. The van der Waals surface area contributed by atoms with Crippen LogP contribution in [0.2, 0.25) is 0 Å². The highest BCUT2D eigenvalue weighted by atomic mass is 16.6. The van der Waals surface area contributed by atoms with Gasteiger partial charge in [-0.1, -0.05) is 6.07 Å². The smallest absolute Gasteiger partial charge is 0.306 e. The number of carbonyl (C=O) groups is 5. The minimum absolute atomic E-state index is 0.0540. The fourth-order valence-corrected chi connectivity index (χ4v) is 3.63. The summed E-state index contributed by atoms with van der Waals surface area (Å²) in [6, 6.07) is 3.63. The molecular formula is C23H28N2O8. The van der Waals surface area contributed by atoms with Gasteiger partial charge in [-0.15, -0.1) is 0 Å². The van der Waals surface area contributed by atoms with E-state index in [0.29, 0.717) is 13.0 Å². The molecule has 1 N–H and O–H groups in total. The molecule has 10 heteroatoms. The summed E-state index contributed by atoms with van der Waals surface area (Å²) in [7, 11) is 0. The maximum absolute atomic E-state index is 13.0. The molecule has 10 nitrogen and oxygen atoms in total. The Labute approximate surface area is 191 Å². The second kappa shape index (κ2) is 10.1. The van der Waals surface area contributed by atoms with Crippen molar-refractivity contribution < 1.29 is 38.2 Å². The molecule has 0 spiro atoms. The predicted octanol–water partition coefficient (Wildman–Crippen LogP) is 1.61. The normalized spacial score (nSPS) is 18.3. The molecule has 1 fully saturated rings. The first-order chi connectivity index (χ1) is 15.6. The predicted molar refractivity (Wildman–Crippen MR) is 115 cm³/mol. The molecule has 1 unspecified atom stereocenters. The SMILES string of the molecule is CC(C)(C)OC(=O)CCCOCCOc1cccc2c1C(=O)N(C1CCC(=O)NC1=O)C2=O. The quantitative estimate of drug-likeness (QED) is 0.334. The van der Waals surface area contributed by atoms with Gasteiger partial charge in [0.2, 0.25) is 11.8 Å². The van der Waals surface area contributed by atoms with Gasteiger partial charge in [-0.3, -0.25) is 34.2 Å². The lowest BCUT2D eigenvalue weighted by molar-refractivity contribution is -0.155. The van der Waals surface area contributed by atoms with E-state index in [1.807, 2.05) is 0 Å². The van der Waals surface area contributed by atoms with Crippen LogP contribution < -0.4 is 10.1 Å². The van der Waals surface area contributed by atoms with E-state index in [2.05, 4.69) is 5.32 Å². The third-order valence-corrected chi connectivity index (χ3v) is 5.00. The number of amides is 4. The number of fused-ring (bicyclic) bond motifs is 1. The van der Waals surface area contributed by atoms with Crippen LogP contribution in [0.4, 0.5) is 0 Å². The van der Waals surface area contributed by atoms with Gasteiger partial charge in [0.1, 0.15) is 24.0 Å². The number of nitrogens with zero attached hydrogens (tertiary/aromatic N) is 1. The summed E-state index contributed by atoms with van der Waals surface area (Å²) >= 11 is 0. The highest BCUT2D eigenvalue weighted by Crippen LogP contribution is 2.33. The zero-order chi connectivity index (χ0) is 24.2. The van der Waals surface area contributed by atoms with E-state index < -0.39 is 35.3 Å². The fourth-order valence-electron chi connectivity index (χ4n) is 3.63. The number of ether oxygens (including phenoxy) is 3. The molecule has 0 aliphatic carbocycles. The third kappa shape index (κ3) is 5.95. The fraction of sp³-hybridized carbons (Fsp3) is 0.522. The van der Waals surface area contributed by atoms with E-state index in [9.17, 15) is 24.0 Å². The minimum Gasteiger partial charge on any atom is -0.490 e. The number of imide groups is 2. The number of carbonyl (C=O) groups excluding carboxylic acids is 5. The zero-order valence-corrected chi connectivity index (χ0v) is 19.0. The average Bonchev–Trinajstić information content (AvgIpc) is 2.97. The molecule has 1 aromatic carbocycles. The molecule has 33 heavy (non-hydrogen) atoms. The van der Waals surface area contributed by atoms with Crippen LogP contribution >= 0.6 is 0 Å². The van der Waals surface area contributed by atoms with Crippen LogP contribution in [0.1, 0.15) is 67.2 Å². The Balaban J connectivity index is 1.50. The second-order valence-electron chi connectivity index (χ2n) is 8.78. The lowest BCUT2D eigenvalue weighted by Gasteiger charge is -2.27. The summed E-state index contributed by atoms with van der Waals surface area (Å²) in [5.74, 6) is -2.37. The molecule has 3 rings (SSSR count). The maximum Gasteiger partial charge on any atom is 0.306 e. The van der Waals surface area contributed by atoms with E-state index >= 15 is 0 Å². The molecule has 0 radical (unpaired) electrons. The van der Waals surface area contributed by atoms with Gasteiger partial charge < -0.3 is 14.2 Å². The molecule has 0 saturated carbocycles. The van der Waals surface area contributed by atoms with Crippen molar-refractivity contribution in [3.63, 3.8) is 0 Å². The third-order valence-electron chi connectivity index (χ3n) is 5.00. The Bertz CT molecular complexity index is 966. The van der Waals surface area contributed by atoms with Crippen molar-refractivity contribution in [2.45, 2.75) is 58.1 Å². The Morgan fingerprint density at radius 3 is 2.55 bits per heavy atom. The lowest BCUT2D eigenvalue weighted by Crippen LogP contribution is -2.54. The number of piperidine rings is 1. The topological polar surface area (TPSA) is 128 Å². The summed E-state index contributed by atoms with van der Waals surface area (Å²) in [4.78, 5) is 61.9. The molecule has 1 saturated heterocycles. The van der Waals surface area contributed by atoms with Crippen molar-refractivity contribution in [3.8, 4) is 5.75 Å². The van der Waals surface area contributed by atoms with Crippen molar-refractivity contribution in [1.82, 2.24) is 10.2 Å². The highest BCUT2D eigenvalue weighted by Gasteiger charge is 2.45. The molecule has 178 valence electrons. The number of hydrogen-bond donors (Lipinski definition) is 1. The standard InChI is InChI=1S/C23H28N2O8/c1-23(2,3)33-18(27)8-5-11-31-12-13-32-16-7-4-6-14-19(16)22(30)25(21(14)29)15-9-10-17(26)24-20(15)28/h4,6-7,15H,5,8-13H2,1-3H3,(H,24,26,28). The van der Waals surface area contributed by atoms with E-state index in [4.69, 9.17) is 14.2 Å². The number of hydrogen-bond acceptors (Lipinski definition) is 8. The van der Waals surface area contributed by atoms with E-state index in [1.54, 1.807) is 32.9 Å². The largest absolute Gasteiger partial charge is 0.490 e. The Kier molecular flexibility index (Phi) is 7.47. The highest BCUT2D eigenvalue weighted by molar-refractivity contribution is 6.24. The van der Waals surface area contributed by atoms with Crippen molar-refractivity contribution in [1.29, 1.82) is 0 Å². The van der Waals surface area contributed by atoms with E-state index in [-0.39, 0.29) is 55.3 Å². The van der Waals surface area contributed by atoms with E-state index in [0.717, 1.165) is 4.90 Å². The second-order valence-corrected chi connectivity index (χ2v) is 8.78. The first kappa shape index (κ1) is 24.4. The summed E-state index contributed by atoms with van der Waals surface area (Å²) in [6.45, 7) is 6.11. The van der Waals surface area contributed by atoms with Gasteiger partial charge in [-0.25, -0.2) is 0 Å². The molecule has 2 aliphatic heterocycles. The van der Waals surface area contributed by atoms with Crippen LogP contribution in [0.25, 0.3) is 0 Å². The van der Waals surface area contributed by atoms with Gasteiger partial charge >= 0.3 is 5.97 Å². The maximum atomic E-state index is 13.0. The van der Waals surface area contributed by atoms with Crippen LogP contribution in [0.5, 0.6) is 5.75 Å². The summed E-state index contributed by atoms with van der Waals surface area (Å²) in [6.07, 6.45) is 0.891. The van der Waals surface area contributed by atoms with Crippen molar-refractivity contribution in [2.75, 3.05) is 19.8 Å². The lowest BCUT2D eigenvalue weighted by atomic mass is 10.0. The summed E-state index contributed by atoms with van der Waals surface area (Å²) < 4.78 is 16.4. The molecular weight excluding hydrogens is 432 g/mol. The molecule has 1 atom stereocenters. The van der Waals surface area contributed by atoms with Crippen LogP contribution in [0.15, 0.2) is 18.2 Å². The van der Waals surface area contributed by atoms with Gasteiger partial charge in [-0.05, 0) is 45.7 Å². The van der Waals surface area contributed by atoms with Gasteiger partial charge in [0, 0.05) is 19.4 Å². The average molecular weight is 460 g/mol. The number of nitrogens with one attached hydrogen (secondary N) is 1. The van der Waals surface area contributed by atoms with Gasteiger partial charge in [-0.2, -0.15) is 0 Å². The number of esters is 1. The van der Waals surface area contributed by atoms with Crippen LogP contribution in [0.3, 0.4) is 0 Å². The molecule has 0 bridgehead atoms. The van der Waals surface area contributed by atoms with Crippen LogP contribution in [0, 0.1) is 0 Å². The molecule has 0 aromatic heterocycles. The minimum atomic E-state index is -1.03. The van der Waals surface area contributed by atoms with Crippen molar-refractivity contribution in [3.05, 3.63) is 29.3 Å². The van der Waals surface area contributed by atoms with Crippen molar-refractivity contribution >= 4 is 29.6 Å². The molecule has 1 aromatic rings. The Morgan fingerprint density at radius 2 is 1.85 bits per heavy atom. The summed E-state index contributed by atoms with van der Waals surface area (Å²) in [5.41, 5.74) is -0.272. The molecule has 2 aliphatic rings. The van der Waals surface area contributed by atoms with Gasteiger partial charge in [0.15, 0.2) is 0 Å². The van der Waals surface area contributed by atoms with E-state index in [1.165, 1.54) is 6.07 Å². The van der Waals surface area contributed by atoms with Crippen LogP contribution in [-0.4, -0.2) is 66.0 Å². The van der Waals surface area contributed by atoms with Gasteiger partial charge in [0.05, 0.1) is 17.7 Å². The number of rotatable bonds is 9. The first-order valence-corrected chi connectivity index (χ1v) is 10.9. The number of benzene rings is 1.